The van der Waals surface area contributed by atoms with Crippen molar-refractivity contribution in [3.05, 3.63) is 41.7 Å². The lowest BCUT2D eigenvalue weighted by atomic mass is 9.94. The molecule has 7 nitrogen and oxygen atoms in total. The third-order valence-corrected chi connectivity index (χ3v) is 4.74. The summed E-state index contributed by atoms with van der Waals surface area (Å²) < 4.78 is 12.2. The van der Waals surface area contributed by atoms with E-state index < -0.39 is 5.97 Å². The number of carbonyl (C=O) groups is 1. The second-order valence-electron chi connectivity index (χ2n) is 6.60. The van der Waals surface area contributed by atoms with Gasteiger partial charge in [-0.15, -0.1) is 0 Å². The molecule has 0 aliphatic carbocycles. The predicted molar refractivity (Wildman–Crippen MR) is 96.7 cm³/mol. The van der Waals surface area contributed by atoms with Crippen LogP contribution in [-0.4, -0.2) is 53.1 Å². The monoisotopic (exact) mass is 359 g/mol. The number of ether oxygens (including phenoxy) is 2. The largest absolute Gasteiger partial charge is 0.493 e. The standard InChI is InChI=1S/C19H25N3O4/c1-25-17-6-5-14(10-18(17)26-2)11-21-8-3-4-15(12-21)16-7-9-22(20-16)13-19(23)24/h5-7,9-10,15H,3-4,8,11-13H2,1-2H3,(H,23,24)/t15-/m1/s1. The van der Waals surface area contributed by atoms with Gasteiger partial charge in [0.2, 0.25) is 0 Å². The molecule has 1 aliphatic heterocycles. The number of hydrogen-bond donors (Lipinski definition) is 1. The van der Waals surface area contributed by atoms with Crippen LogP contribution in [0.2, 0.25) is 0 Å². The molecule has 0 saturated carbocycles. The fourth-order valence-electron chi connectivity index (χ4n) is 3.50. The second-order valence-corrected chi connectivity index (χ2v) is 6.60. The highest BCUT2D eigenvalue weighted by Gasteiger charge is 2.23. The highest BCUT2D eigenvalue weighted by molar-refractivity contribution is 5.66. The van der Waals surface area contributed by atoms with Crippen molar-refractivity contribution in [1.29, 1.82) is 0 Å². The van der Waals surface area contributed by atoms with E-state index in [1.165, 1.54) is 10.2 Å². The van der Waals surface area contributed by atoms with Crippen molar-refractivity contribution >= 4 is 5.97 Å². The third-order valence-electron chi connectivity index (χ3n) is 4.74. The van der Waals surface area contributed by atoms with Crippen molar-refractivity contribution in [2.45, 2.75) is 31.8 Å². The van der Waals surface area contributed by atoms with Crippen LogP contribution in [0.5, 0.6) is 11.5 Å². The van der Waals surface area contributed by atoms with E-state index in [-0.39, 0.29) is 6.54 Å². The Bertz CT molecular complexity index is 759. The minimum Gasteiger partial charge on any atom is -0.493 e. The normalized spacial score (nSPS) is 17.8. The van der Waals surface area contributed by atoms with Crippen LogP contribution in [-0.2, 0) is 17.9 Å². The van der Waals surface area contributed by atoms with Gasteiger partial charge in [-0.25, -0.2) is 0 Å². The van der Waals surface area contributed by atoms with Crippen molar-refractivity contribution in [3.8, 4) is 11.5 Å². The van der Waals surface area contributed by atoms with Gasteiger partial charge in [0.05, 0.1) is 19.9 Å². The summed E-state index contributed by atoms with van der Waals surface area (Å²) in [7, 11) is 3.28. The van der Waals surface area contributed by atoms with Gasteiger partial charge in [0.15, 0.2) is 11.5 Å². The molecule has 1 fully saturated rings. The molecule has 1 aliphatic rings. The van der Waals surface area contributed by atoms with Crippen LogP contribution in [0.4, 0.5) is 0 Å². The first kappa shape index (κ1) is 18.3. The Labute approximate surface area is 153 Å². The molecular weight excluding hydrogens is 334 g/mol. The number of aliphatic carboxylic acids is 1. The van der Waals surface area contributed by atoms with Gasteiger partial charge in [0, 0.05) is 25.2 Å². The zero-order valence-corrected chi connectivity index (χ0v) is 15.2. The Morgan fingerprint density at radius 1 is 1.27 bits per heavy atom. The first-order valence-electron chi connectivity index (χ1n) is 8.77. The zero-order chi connectivity index (χ0) is 18.5. The topological polar surface area (TPSA) is 76.8 Å². The molecule has 1 saturated heterocycles. The Balaban J connectivity index is 1.65. The number of likely N-dealkylation sites (tertiary alicyclic amines) is 1. The van der Waals surface area contributed by atoms with Crippen LogP contribution in [0.25, 0.3) is 0 Å². The van der Waals surface area contributed by atoms with Gasteiger partial charge in [-0.1, -0.05) is 6.07 Å². The molecule has 0 amide bonds. The molecule has 7 heteroatoms. The van der Waals surface area contributed by atoms with E-state index >= 15 is 0 Å². The van der Waals surface area contributed by atoms with Crippen molar-refractivity contribution in [3.63, 3.8) is 0 Å². The Morgan fingerprint density at radius 3 is 2.81 bits per heavy atom. The summed E-state index contributed by atoms with van der Waals surface area (Å²) in [5.41, 5.74) is 2.16. The molecule has 0 spiro atoms. The minimum absolute atomic E-state index is 0.0952. The van der Waals surface area contributed by atoms with Gasteiger partial charge in [0.25, 0.3) is 0 Å². The van der Waals surface area contributed by atoms with Crippen molar-refractivity contribution in [2.24, 2.45) is 0 Å². The highest BCUT2D eigenvalue weighted by atomic mass is 16.5. The number of benzene rings is 1. The maximum Gasteiger partial charge on any atom is 0.325 e. The first-order valence-corrected chi connectivity index (χ1v) is 8.77. The summed E-state index contributed by atoms with van der Waals surface area (Å²) >= 11 is 0. The summed E-state index contributed by atoms with van der Waals surface area (Å²) in [5.74, 6) is 0.931. The van der Waals surface area contributed by atoms with E-state index in [0.29, 0.717) is 5.92 Å². The average molecular weight is 359 g/mol. The number of piperidine rings is 1. The van der Waals surface area contributed by atoms with E-state index in [1.54, 1.807) is 20.4 Å². The number of aromatic nitrogens is 2. The highest BCUT2D eigenvalue weighted by Crippen LogP contribution is 2.30. The maximum absolute atomic E-state index is 10.8. The SMILES string of the molecule is COc1ccc(CN2CCC[C@@H](c3ccn(CC(=O)O)n3)C2)cc1OC. The van der Waals surface area contributed by atoms with Gasteiger partial charge in [0.1, 0.15) is 6.54 Å². The number of carboxylic acid groups (broad SMARTS) is 1. The lowest BCUT2D eigenvalue weighted by molar-refractivity contribution is -0.137. The van der Waals surface area contributed by atoms with Crippen LogP contribution in [0.15, 0.2) is 30.5 Å². The fourth-order valence-corrected chi connectivity index (χ4v) is 3.50. The van der Waals surface area contributed by atoms with Crippen LogP contribution in [0, 0.1) is 0 Å². The first-order chi connectivity index (χ1) is 12.6. The van der Waals surface area contributed by atoms with Crippen LogP contribution >= 0.6 is 0 Å². The molecule has 1 aromatic heterocycles. The lowest BCUT2D eigenvalue weighted by Gasteiger charge is -2.32. The Hall–Kier alpha value is -2.54. The molecule has 1 N–H and O–H groups in total. The van der Waals surface area contributed by atoms with Crippen LogP contribution in [0.1, 0.15) is 30.0 Å². The van der Waals surface area contributed by atoms with Crippen LogP contribution in [0.3, 0.4) is 0 Å². The van der Waals surface area contributed by atoms with Gasteiger partial charge in [-0.3, -0.25) is 14.4 Å². The van der Waals surface area contributed by atoms with Crippen LogP contribution < -0.4 is 9.47 Å². The van der Waals surface area contributed by atoms with E-state index in [2.05, 4.69) is 16.1 Å². The van der Waals surface area contributed by atoms with E-state index in [0.717, 1.165) is 49.7 Å². The molecule has 3 rings (SSSR count). The van der Waals surface area contributed by atoms with Crippen molar-refractivity contribution < 1.29 is 19.4 Å². The smallest absolute Gasteiger partial charge is 0.325 e. The van der Waals surface area contributed by atoms with Crippen molar-refractivity contribution in [1.82, 2.24) is 14.7 Å². The van der Waals surface area contributed by atoms with Gasteiger partial charge >= 0.3 is 5.97 Å². The number of nitrogens with zero attached hydrogens (tertiary/aromatic N) is 3. The number of carboxylic acids is 1. The zero-order valence-electron chi connectivity index (χ0n) is 15.2. The summed E-state index contributed by atoms with van der Waals surface area (Å²) in [6, 6.07) is 7.95. The summed E-state index contributed by atoms with van der Waals surface area (Å²) in [5, 5.41) is 13.3. The molecule has 2 heterocycles. The molecule has 1 aromatic carbocycles. The molecule has 0 bridgehead atoms. The molecule has 2 aromatic rings. The maximum atomic E-state index is 10.8. The lowest BCUT2D eigenvalue weighted by Crippen LogP contribution is -2.34. The summed E-state index contributed by atoms with van der Waals surface area (Å²) in [6.07, 6.45) is 3.92. The second kappa shape index (κ2) is 8.23. The van der Waals surface area contributed by atoms with Crippen molar-refractivity contribution in [2.75, 3.05) is 27.3 Å². The molecule has 26 heavy (non-hydrogen) atoms. The van der Waals surface area contributed by atoms with E-state index in [1.807, 2.05) is 18.2 Å². The van der Waals surface area contributed by atoms with Gasteiger partial charge < -0.3 is 14.6 Å². The number of methoxy groups -OCH3 is 2. The minimum atomic E-state index is -0.877. The Morgan fingerprint density at radius 2 is 2.08 bits per heavy atom. The summed E-state index contributed by atoms with van der Waals surface area (Å²) in [6.45, 7) is 2.70. The predicted octanol–water partition coefficient (Wildman–Crippen LogP) is 2.36. The van der Waals surface area contributed by atoms with Gasteiger partial charge in [-0.2, -0.15) is 5.10 Å². The number of rotatable bonds is 7. The Kier molecular flexibility index (Phi) is 5.78. The fraction of sp³-hybridized carbons (Fsp3) is 0.474. The van der Waals surface area contributed by atoms with Gasteiger partial charge in [-0.05, 0) is 43.1 Å². The molecule has 1 atom stereocenters. The molecular formula is C19H25N3O4. The van der Waals surface area contributed by atoms with E-state index in [9.17, 15) is 4.79 Å². The third kappa shape index (κ3) is 4.35. The summed E-state index contributed by atoms with van der Waals surface area (Å²) in [4.78, 5) is 13.2. The number of hydrogen-bond acceptors (Lipinski definition) is 5. The molecule has 140 valence electrons. The average Bonchev–Trinajstić information content (AvgIpc) is 3.09. The molecule has 0 unspecified atom stereocenters. The molecule has 0 radical (unpaired) electrons. The quantitative estimate of drug-likeness (QED) is 0.818. The van der Waals surface area contributed by atoms with E-state index in [4.69, 9.17) is 14.6 Å².